The van der Waals surface area contributed by atoms with E-state index >= 15 is 0 Å². The number of rotatable bonds is 4. The summed E-state index contributed by atoms with van der Waals surface area (Å²) in [6.07, 6.45) is 0. The van der Waals surface area contributed by atoms with Crippen LogP contribution < -0.4 is 0 Å². The summed E-state index contributed by atoms with van der Waals surface area (Å²) in [4.78, 5) is 0. The Bertz CT molecular complexity index is 3490. The monoisotopic (exact) mass is 700 g/mol. The van der Waals surface area contributed by atoms with E-state index in [2.05, 4.69) is 203 Å². The highest BCUT2D eigenvalue weighted by Crippen LogP contribution is 2.42. The first kappa shape index (κ1) is 30.1. The zero-order valence-electron chi connectivity index (χ0n) is 29.8. The van der Waals surface area contributed by atoms with Crippen molar-refractivity contribution < 1.29 is 4.42 Å². The fourth-order valence-corrected chi connectivity index (χ4v) is 8.98. The molecule has 55 heavy (non-hydrogen) atoms. The summed E-state index contributed by atoms with van der Waals surface area (Å²) in [5.74, 6) is 0. The first-order valence-corrected chi connectivity index (χ1v) is 18.8. The van der Waals surface area contributed by atoms with Crippen LogP contribution in [0.4, 0.5) is 0 Å². The van der Waals surface area contributed by atoms with Gasteiger partial charge in [-0.15, -0.1) is 0 Å². The predicted octanol–water partition coefficient (Wildman–Crippen LogP) is 14.3. The highest BCUT2D eigenvalue weighted by Gasteiger charge is 2.18. The molecule has 0 aliphatic carbocycles. The van der Waals surface area contributed by atoms with Crippen LogP contribution in [0.5, 0.6) is 0 Å². The molecule has 0 radical (unpaired) electrons. The van der Waals surface area contributed by atoms with Gasteiger partial charge in [0.25, 0.3) is 0 Å². The molecule has 0 atom stereocenters. The van der Waals surface area contributed by atoms with Gasteiger partial charge in [0.2, 0.25) is 0 Å². The number of para-hydroxylation sites is 3. The fourth-order valence-electron chi connectivity index (χ4n) is 8.98. The standard InChI is InChI=1S/C52H32N2O/c1-2-13-38(14-3-1)53-46-18-8-6-15-41(46)42-26-22-35(30-49(42)53)36-23-27-43-44-28-24-37(32-51(44)55-50(43)31-36)40-17-10-20-48-52(40)45-16-7-9-19-47(45)54(48)39-25-21-33-11-4-5-12-34(33)29-39/h1-32H. The Morgan fingerprint density at radius 1 is 0.309 bits per heavy atom. The molecule has 256 valence electrons. The largest absolute Gasteiger partial charge is 0.456 e. The SMILES string of the molecule is c1ccc(-n2c3ccccc3c3ccc(-c4ccc5c(c4)oc4cc(-c6cccc7c6c6ccccc6n7-c6ccc7ccccc7c6)ccc45)cc32)cc1. The van der Waals surface area contributed by atoms with Gasteiger partial charge >= 0.3 is 0 Å². The molecule has 3 nitrogen and oxygen atoms in total. The van der Waals surface area contributed by atoms with E-state index in [4.69, 9.17) is 4.42 Å². The molecule has 0 spiro atoms. The van der Waals surface area contributed by atoms with Gasteiger partial charge in [0.15, 0.2) is 0 Å². The predicted molar refractivity (Wildman–Crippen MR) is 231 cm³/mol. The van der Waals surface area contributed by atoms with E-state index in [1.54, 1.807) is 0 Å². The lowest BCUT2D eigenvalue weighted by Gasteiger charge is -2.10. The minimum Gasteiger partial charge on any atom is -0.456 e. The zero-order chi connectivity index (χ0) is 36.0. The fraction of sp³-hybridized carbons (Fsp3) is 0. The molecule has 0 aliphatic heterocycles. The van der Waals surface area contributed by atoms with Crippen LogP contribution in [0.15, 0.2) is 199 Å². The van der Waals surface area contributed by atoms with Gasteiger partial charge in [0.1, 0.15) is 11.2 Å². The highest BCUT2D eigenvalue weighted by molar-refractivity contribution is 6.17. The first-order chi connectivity index (χ1) is 27.3. The van der Waals surface area contributed by atoms with Crippen LogP contribution in [0.3, 0.4) is 0 Å². The van der Waals surface area contributed by atoms with Crippen LogP contribution in [-0.2, 0) is 0 Å². The Kier molecular flexibility index (Phi) is 6.34. The number of nitrogens with zero attached hydrogens (tertiary/aromatic N) is 2. The molecule has 9 aromatic carbocycles. The maximum Gasteiger partial charge on any atom is 0.136 e. The summed E-state index contributed by atoms with van der Waals surface area (Å²) < 4.78 is 11.5. The van der Waals surface area contributed by atoms with Gasteiger partial charge in [-0.2, -0.15) is 0 Å². The number of hydrogen-bond acceptors (Lipinski definition) is 1. The second-order valence-corrected chi connectivity index (χ2v) is 14.5. The molecule has 0 fully saturated rings. The summed E-state index contributed by atoms with van der Waals surface area (Å²) in [6.45, 7) is 0. The van der Waals surface area contributed by atoms with E-state index in [0.717, 1.165) is 50.0 Å². The second kappa shape index (κ2) is 11.6. The van der Waals surface area contributed by atoms with Crippen LogP contribution in [0, 0.1) is 0 Å². The summed E-state index contributed by atoms with van der Waals surface area (Å²) in [7, 11) is 0. The highest BCUT2D eigenvalue weighted by atomic mass is 16.3. The van der Waals surface area contributed by atoms with E-state index < -0.39 is 0 Å². The van der Waals surface area contributed by atoms with Crippen molar-refractivity contribution in [3.63, 3.8) is 0 Å². The maximum absolute atomic E-state index is 6.71. The second-order valence-electron chi connectivity index (χ2n) is 14.5. The van der Waals surface area contributed by atoms with Crippen molar-refractivity contribution in [1.29, 1.82) is 0 Å². The summed E-state index contributed by atoms with van der Waals surface area (Å²) in [6, 6.07) is 70.2. The van der Waals surface area contributed by atoms with Crippen LogP contribution in [0.25, 0.3) is 110 Å². The number of furan rings is 1. The van der Waals surface area contributed by atoms with Crippen LogP contribution in [0.1, 0.15) is 0 Å². The van der Waals surface area contributed by atoms with Gasteiger partial charge < -0.3 is 13.6 Å². The molecular weight excluding hydrogens is 669 g/mol. The molecule has 12 rings (SSSR count). The van der Waals surface area contributed by atoms with Crippen molar-refractivity contribution >= 4 is 76.3 Å². The number of aromatic nitrogens is 2. The Balaban J connectivity index is 0.991. The van der Waals surface area contributed by atoms with Crippen molar-refractivity contribution in [1.82, 2.24) is 9.13 Å². The normalized spacial score (nSPS) is 12.0. The molecule has 0 saturated heterocycles. The number of benzene rings is 9. The van der Waals surface area contributed by atoms with E-state index in [-0.39, 0.29) is 0 Å². The average molecular weight is 701 g/mol. The molecule has 12 aromatic rings. The van der Waals surface area contributed by atoms with Crippen molar-refractivity contribution in [2.24, 2.45) is 0 Å². The van der Waals surface area contributed by atoms with Gasteiger partial charge in [-0.1, -0.05) is 121 Å². The van der Waals surface area contributed by atoms with Crippen molar-refractivity contribution in [3.05, 3.63) is 194 Å². The molecule has 0 N–H and O–H groups in total. The van der Waals surface area contributed by atoms with Gasteiger partial charge in [0.05, 0.1) is 22.1 Å². The van der Waals surface area contributed by atoms with Gasteiger partial charge in [0, 0.05) is 43.7 Å². The summed E-state index contributed by atoms with van der Waals surface area (Å²) >= 11 is 0. The molecule has 3 aromatic heterocycles. The topological polar surface area (TPSA) is 23.0 Å². The van der Waals surface area contributed by atoms with Gasteiger partial charge in [-0.3, -0.25) is 0 Å². The molecule has 0 aliphatic rings. The molecule has 0 amide bonds. The quantitative estimate of drug-likeness (QED) is 0.179. The molecule has 0 bridgehead atoms. The van der Waals surface area contributed by atoms with Gasteiger partial charge in [-0.05, 0) is 106 Å². The van der Waals surface area contributed by atoms with Crippen LogP contribution in [-0.4, -0.2) is 9.13 Å². The van der Waals surface area contributed by atoms with Crippen molar-refractivity contribution in [2.45, 2.75) is 0 Å². The van der Waals surface area contributed by atoms with Crippen LogP contribution in [0.2, 0.25) is 0 Å². The third-order valence-corrected chi connectivity index (χ3v) is 11.5. The molecule has 0 unspecified atom stereocenters. The van der Waals surface area contributed by atoms with E-state index in [0.29, 0.717) is 0 Å². The molecule has 3 heterocycles. The van der Waals surface area contributed by atoms with E-state index in [9.17, 15) is 0 Å². The molecule has 3 heteroatoms. The zero-order valence-corrected chi connectivity index (χ0v) is 29.8. The van der Waals surface area contributed by atoms with Crippen molar-refractivity contribution in [3.8, 4) is 33.6 Å². The summed E-state index contributed by atoms with van der Waals surface area (Å²) in [5, 5.41) is 9.70. The molecule has 0 saturated carbocycles. The lowest BCUT2D eigenvalue weighted by Crippen LogP contribution is -1.93. The first-order valence-electron chi connectivity index (χ1n) is 18.8. The molecular formula is C52H32N2O. The Morgan fingerprint density at radius 2 is 0.891 bits per heavy atom. The lowest BCUT2D eigenvalue weighted by molar-refractivity contribution is 0.669. The maximum atomic E-state index is 6.71. The van der Waals surface area contributed by atoms with Crippen molar-refractivity contribution in [2.75, 3.05) is 0 Å². The average Bonchev–Trinajstić information content (AvgIpc) is 3.90. The number of fused-ring (bicyclic) bond motifs is 10. The Labute approximate surface area is 316 Å². The van der Waals surface area contributed by atoms with E-state index in [1.807, 2.05) is 0 Å². The minimum absolute atomic E-state index is 0.888. The number of hydrogen-bond donors (Lipinski definition) is 0. The van der Waals surface area contributed by atoms with Gasteiger partial charge in [-0.25, -0.2) is 0 Å². The summed E-state index contributed by atoms with van der Waals surface area (Å²) in [5.41, 5.74) is 13.5. The van der Waals surface area contributed by atoms with Crippen LogP contribution >= 0.6 is 0 Å². The Hall–Kier alpha value is -7.36. The lowest BCUT2D eigenvalue weighted by atomic mass is 9.98. The third-order valence-electron chi connectivity index (χ3n) is 11.5. The minimum atomic E-state index is 0.888. The van der Waals surface area contributed by atoms with E-state index in [1.165, 1.54) is 59.9 Å². The smallest absolute Gasteiger partial charge is 0.136 e. The Morgan fingerprint density at radius 3 is 1.71 bits per heavy atom. The third kappa shape index (κ3) is 4.50.